The van der Waals surface area contributed by atoms with E-state index < -0.39 is 11.6 Å². The van der Waals surface area contributed by atoms with Gasteiger partial charge in [-0.15, -0.1) is 0 Å². The zero-order valence-corrected chi connectivity index (χ0v) is 12.5. The molecule has 2 aromatic carbocycles. The molecule has 0 unspecified atom stereocenters. The van der Waals surface area contributed by atoms with Crippen LogP contribution in [0.1, 0.15) is 0 Å². The maximum atomic E-state index is 13.9. The summed E-state index contributed by atoms with van der Waals surface area (Å²) in [6, 6.07) is 7.27. The molecule has 94 valence electrons. The van der Waals surface area contributed by atoms with Crippen LogP contribution in [0.25, 0.3) is 11.1 Å². The molecule has 0 atom stereocenters. The average molecular weight is 378 g/mol. The van der Waals surface area contributed by atoms with Gasteiger partial charge in [-0.3, -0.25) is 0 Å². The molecule has 0 aliphatic heterocycles. The maximum absolute atomic E-state index is 13.9. The lowest BCUT2D eigenvalue weighted by molar-refractivity contribution is 0.415. The van der Waals surface area contributed by atoms with Gasteiger partial charge in [-0.05, 0) is 40.2 Å². The van der Waals surface area contributed by atoms with Gasteiger partial charge in [-0.1, -0.05) is 15.9 Å². The molecule has 0 aromatic heterocycles. The third kappa shape index (κ3) is 2.57. The fourth-order valence-corrected chi connectivity index (χ4v) is 2.69. The van der Waals surface area contributed by atoms with Crippen LogP contribution in [0.3, 0.4) is 0 Å². The lowest BCUT2D eigenvalue weighted by Gasteiger charge is -2.10. The molecule has 0 aliphatic rings. The molecule has 0 bridgehead atoms. The van der Waals surface area contributed by atoms with Crippen LogP contribution in [-0.2, 0) is 0 Å². The number of hydrogen-bond donors (Lipinski definition) is 0. The lowest BCUT2D eigenvalue weighted by Crippen LogP contribution is -1.91. The van der Waals surface area contributed by atoms with Crippen LogP contribution in [-0.4, -0.2) is 7.11 Å². The third-order valence-electron chi connectivity index (χ3n) is 2.45. The number of halogens is 4. The number of benzene rings is 2. The van der Waals surface area contributed by atoms with Crippen molar-refractivity contribution in [2.75, 3.05) is 7.11 Å². The molecular weight excluding hydrogens is 370 g/mol. The van der Waals surface area contributed by atoms with E-state index in [1.165, 1.54) is 13.2 Å². The Balaban J connectivity index is 2.68. The van der Waals surface area contributed by atoms with Crippen molar-refractivity contribution in [3.8, 4) is 16.9 Å². The van der Waals surface area contributed by atoms with Gasteiger partial charge in [0.2, 0.25) is 0 Å². The van der Waals surface area contributed by atoms with Gasteiger partial charge in [0, 0.05) is 26.1 Å². The molecule has 0 heterocycles. The molecule has 18 heavy (non-hydrogen) atoms. The molecule has 0 amide bonds. The Hall–Kier alpha value is -0.940. The second-order valence-corrected chi connectivity index (χ2v) is 5.30. The van der Waals surface area contributed by atoms with Crippen molar-refractivity contribution in [1.29, 1.82) is 0 Å². The van der Waals surface area contributed by atoms with Crippen molar-refractivity contribution in [2.24, 2.45) is 0 Å². The summed E-state index contributed by atoms with van der Waals surface area (Å²) in [4.78, 5) is 0. The summed E-state index contributed by atoms with van der Waals surface area (Å²) in [7, 11) is 1.53. The Morgan fingerprint density at radius 1 is 1.00 bits per heavy atom. The third-order valence-corrected chi connectivity index (χ3v) is 3.77. The quantitative estimate of drug-likeness (QED) is 0.701. The molecule has 0 saturated heterocycles. The molecule has 2 rings (SSSR count). The van der Waals surface area contributed by atoms with Crippen LogP contribution in [0.4, 0.5) is 8.78 Å². The minimum absolute atomic E-state index is 0.294. The van der Waals surface area contributed by atoms with E-state index in [0.717, 1.165) is 6.07 Å². The van der Waals surface area contributed by atoms with Gasteiger partial charge in [-0.25, -0.2) is 8.78 Å². The normalized spacial score (nSPS) is 10.5. The highest BCUT2D eigenvalue weighted by Crippen LogP contribution is 2.38. The Kier molecular flexibility index (Phi) is 4.02. The smallest absolute Gasteiger partial charge is 0.135 e. The van der Waals surface area contributed by atoms with E-state index in [1.807, 2.05) is 0 Å². The number of rotatable bonds is 2. The summed E-state index contributed by atoms with van der Waals surface area (Å²) in [5, 5.41) is 0. The summed E-state index contributed by atoms with van der Waals surface area (Å²) < 4.78 is 33.1. The minimum Gasteiger partial charge on any atom is -0.497 e. The van der Waals surface area contributed by atoms with Gasteiger partial charge in [0.15, 0.2) is 0 Å². The lowest BCUT2D eigenvalue weighted by atomic mass is 10.0. The van der Waals surface area contributed by atoms with Crippen molar-refractivity contribution >= 4 is 31.9 Å². The summed E-state index contributed by atoms with van der Waals surface area (Å²) in [5.74, 6) is -0.651. The summed E-state index contributed by atoms with van der Waals surface area (Å²) in [5.41, 5.74) is 0.890. The van der Waals surface area contributed by atoms with E-state index in [0.29, 0.717) is 25.8 Å². The Morgan fingerprint density at radius 3 is 2.33 bits per heavy atom. The molecule has 0 fully saturated rings. The van der Waals surface area contributed by atoms with Crippen LogP contribution in [0.5, 0.6) is 5.75 Å². The van der Waals surface area contributed by atoms with Gasteiger partial charge in [0.05, 0.1) is 7.11 Å². The highest BCUT2D eigenvalue weighted by atomic mass is 79.9. The van der Waals surface area contributed by atoms with Crippen molar-refractivity contribution in [2.45, 2.75) is 0 Å². The van der Waals surface area contributed by atoms with E-state index in [-0.39, 0.29) is 0 Å². The fourth-order valence-electron chi connectivity index (χ4n) is 1.62. The number of ether oxygens (including phenoxy) is 1. The molecule has 1 nitrogen and oxygen atoms in total. The average Bonchev–Trinajstić information content (AvgIpc) is 2.30. The zero-order chi connectivity index (χ0) is 13.3. The van der Waals surface area contributed by atoms with E-state index in [2.05, 4.69) is 31.9 Å². The molecule has 0 saturated carbocycles. The Morgan fingerprint density at radius 2 is 1.72 bits per heavy atom. The maximum Gasteiger partial charge on any atom is 0.135 e. The van der Waals surface area contributed by atoms with Crippen molar-refractivity contribution in [1.82, 2.24) is 0 Å². The molecule has 5 heteroatoms. The van der Waals surface area contributed by atoms with Crippen molar-refractivity contribution in [3.63, 3.8) is 0 Å². The summed E-state index contributed by atoms with van der Waals surface area (Å²) in [6.07, 6.45) is 0. The van der Waals surface area contributed by atoms with E-state index in [4.69, 9.17) is 4.74 Å². The van der Waals surface area contributed by atoms with Gasteiger partial charge >= 0.3 is 0 Å². The first-order valence-electron chi connectivity index (χ1n) is 5.01. The van der Waals surface area contributed by atoms with Crippen molar-refractivity contribution < 1.29 is 13.5 Å². The topological polar surface area (TPSA) is 9.23 Å². The van der Waals surface area contributed by atoms with E-state index in [1.54, 1.807) is 18.2 Å². The van der Waals surface area contributed by atoms with Gasteiger partial charge < -0.3 is 4.74 Å². The summed E-state index contributed by atoms with van der Waals surface area (Å²) in [6.45, 7) is 0. The van der Waals surface area contributed by atoms with Crippen LogP contribution in [0.15, 0.2) is 39.3 Å². The predicted molar refractivity (Wildman–Crippen MR) is 73.7 cm³/mol. The minimum atomic E-state index is -0.629. The molecule has 0 aliphatic carbocycles. The fraction of sp³-hybridized carbons (Fsp3) is 0.0769. The molecule has 0 spiro atoms. The first-order chi connectivity index (χ1) is 8.52. The van der Waals surface area contributed by atoms with Gasteiger partial charge in [0.1, 0.15) is 17.4 Å². The monoisotopic (exact) mass is 376 g/mol. The van der Waals surface area contributed by atoms with Crippen LogP contribution >= 0.6 is 31.9 Å². The van der Waals surface area contributed by atoms with Gasteiger partial charge in [-0.2, -0.15) is 0 Å². The highest BCUT2D eigenvalue weighted by molar-refractivity contribution is 9.11. The second-order valence-electron chi connectivity index (χ2n) is 3.59. The highest BCUT2D eigenvalue weighted by Gasteiger charge is 2.15. The number of methoxy groups -OCH3 is 1. The van der Waals surface area contributed by atoms with E-state index >= 15 is 0 Å². The standard InChI is InChI=1S/C13H8Br2F2O/c1-18-8-2-3-10(14)9(6-8)13-11(15)4-7(16)5-12(13)17/h2-6H,1H3. The van der Waals surface area contributed by atoms with E-state index in [9.17, 15) is 8.78 Å². The first-order valence-corrected chi connectivity index (χ1v) is 6.60. The Bertz CT molecular complexity index is 577. The largest absolute Gasteiger partial charge is 0.497 e. The number of hydrogen-bond acceptors (Lipinski definition) is 1. The van der Waals surface area contributed by atoms with Gasteiger partial charge in [0.25, 0.3) is 0 Å². The molecule has 0 radical (unpaired) electrons. The summed E-state index contributed by atoms with van der Waals surface area (Å²) >= 11 is 6.52. The zero-order valence-electron chi connectivity index (χ0n) is 9.31. The van der Waals surface area contributed by atoms with Crippen LogP contribution in [0, 0.1) is 11.6 Å². The van der Waals surface area contributed by atoms with Crippen LogP contribution in [0.2, 0.25) is 0 Å². The SMILES string of the molecule is COc1ccc(Br)c(-c2c(F)cc(F)cc2Br)c1. The Labute approximate surface area is 120 Å². The van der Waals surface area contributed by atoms with Crippen molar-refractivity contribution in [3.05, 3.63) is 50.9 Å². The second kappa shape index (κ2) is 5.36. The molecular formula is C13H8Br2F2O. The first kappa shape index (κ1) is 13.5. The predicted octanol–water partition coefficient (Wildman–Crippen LogP) is 5.17. The van der Waals surface area contributed by atoms with Crippen LogP contribution < -0.4 is 4.74 Å². The molecule has 2 aromatic rings. The molecule has 0 N–H and O–H groups in total.